The highest BCUT2D eigenvalue weighted by Gasteiger charge is 2.40. The molecule has 2 aromatic rings. The molecule has 0 N–H and O–H groups in total. The third-order valence-electron chi connectivity index (χ3n) is 5.70. The zero-order chi connectivity index (χ0) is 21.1. The van der Waals surface area contributed by atoms with E-state index >= 15 is 0 Å². The Morgan fingerprint density at radius 2 is 1.67 bits per heavy atom. The molecule has 0 spiro atoms. The molecule has 0 radical (unpaired) electrons. The van der Waals surface area contributed by atoms with Gasteiger partial charge in [0.05, 0.1) is 11.6 Å². The zero-order valence-corrected chi connectivity index (χ0v) is 17.5. The highest BCUT2D eigenvalue weighted by Crippen LogP contribution is 2.30. The van der Waals surface area contributed by atoms with Gasteiger partial charge in [-0.2, -0.15) is 5.26 Å². The number of anilines is 1. The first-order chi connectivity index (χ1) is 14.5. The third kappa shape index (κ3) is 3.78. The molecule has 156 valence electrons. The molecule has 7 nitrogen and oxygen atoms in total. The molecule has 0 aromatic heterocycles. The van der Waals surface area contributed by atoms with Gasteiger partial charge in [-0.3, -0.25) is 9.69 Å². The minimum absolute atomic E-state index is 0.101. The molecular formula is C22H24N4O3S. The predicted octanol–water partition coefficient (Wildman–Crippen LogP) is 2.33. The van der Waals surface area contributed by atoms with Crippen molar-refractivity contribution in [2.24, 2.45) is 0 Å². The Kier molecular flexibility index (Phi) is 5.75. The summed E-state index contributed by atoms with van der Waals surface area (Å²) < 4.78 is 26.2. The number of hydrogen-bond acceptors (Lipinski definition) is 6. The van der Waals surface area contributed by atoms with Gasteiger partial charge >= 0.3 is 0 Å². The molecule has 0 aliphatic carbocycles. The normalized spacial score (nSPS) is 20.8. The number of sulfonamides is 1. The monoisotopic (exact) mass is 424 g/mol. The topological polar surface area (TPSA) is 84.7 Å². The van der Waals surface area contributed by atoms with Crippen molar-refractivity contribution < 1.29 is 13.2 Å². The lowest BCUT2D eigenvalue weighted by Crippen LogP contribution is -2.53. The molecule has 30 heavy (non-hydrogen) atoms. The second kappa shape index (κ2) is 8.46. The van der Waals surface area contributed by atoms with Crippen molar-refractivity contribution in [3.63, 3.8) is 0 Å². The van der Waals surface area contributed by atoms with Crippen molar-refractivity contribution in [2.45, 2.75) is 23.8 Å². The van der Waals surface area contributed by atoms with Gasteiger partial charge in [0.25, 0.3) is 15.9 Å². The van der Waals surface area contributed by atoms with E-state index in [2.05, 4.69) is 15.9 Å². The molecule has 0 bridgehead atoms. The Morgan fingerprint density at radius 1 is 0.967 bits per heavy atom. The van der Waals surface area contributed by atoms with Crippen LogP contribution in [-0.2, 0) is 10.0 Å². The fraction of sp³-hybridized carbons (Fsp3) is 0.364. The van der Waals surface area contributed by atoms with Gasteiger partial charge in [0.2, 0.25) is 0 Å². The van der Waals surface area contributed by atoms with Crippen LogP contribution in [0.3, 0.4) is 0 Å². The van der Waals surface area contributed by atoms with E-state index in [1.807, 2.05) is 30.3 Å². The lowest BCUT2D eigenvalue weighted by atomic mass is 10.1. The zero-order valence-electron chi connectivity index (χ0n) is 16.6. The van der Waals surface area contributed by atoms with Crippen LogP contribution in [-0.4, -0.2) is 62.3 Å². The summed E-state index contributed by atoms with van der Waals surface area (Å²) >= 11 is 0. The van der Waals surface area contributed by atoms with Crippen molar-refractivity contribution in [1.29, 1.82) is 5.26 Å². The summed E-state index contributed by atoms with van der Waals surface area (Å²) in [5, 5.41) is 9.60. The molecule has 2 aromatic carbocycles. The highest BCUT2D eigenvalue weighted by molar-refractivity contribution is 7.90. The Morgan fingerprint density at radius 3 is 2.40 bits per heavy atom. The van der Waals surface area contributed by atoms with Crippen molar-refractivity contribution >= 4 is 21.6 Å². The number of para-hydroxylation sites is 1. The molecule has 1 unspecified atom stereocenters. The molecule has 4 rings (SSSR count). The van der Waals surface area contributed by atoms with Crippen LogP contribution in [0.2, 0.25) is 0 Å². The average molecular weight is 425 g/mol. The van der Waals surface area contributed by atoms with E-state index in [-0.39, 0.29) is 23.0 Å². The van der Waals surface area contributed by atoms with E-state index in [1.54, 1.807) is 18.2 Å². The summed E-state index contributed by atoms with van der Waals surface area (Å²) in [5.41, 5.74) is 1.31. The van der Waals surface area contributed by atoms with E-state index in [0.717, 1.165) is 36.0 Å². The minimum Gasteiger partial charge on any atom is -0.353 e. The SMILES string of the molecule is N#CC1CN(CCCCN2C(=O)c3ccccc3S2(=O)=O)CCN1c1ccccc1. The number of piperazine rings is 1. The van der Waals surface area contributed by atoms with Gasteiger partial charge in [0.15, 0.2) is 0 Å². The summed E-state index contributed by atoms with van der Waals surface area (Å²) in [5.74, 6) is -0.438. The number of nitriles is 1. The quantitative estimate of drug-likeness (QED) is 0.662. The lowest BCUT2D eigenvalue weighted by Gasteiger charge is -2.39. The van der Waals surface area contributed by atoms with Crippen LogP contribution in [0.5, 0.6) is 0 Å². The van der Waals surface area contributed by atoms with Gasteiger partial charge in [-0.1, -0.05) is 30.3 Å². The van der Waals surface area contributed by atoms with Crippen LogP contribution in [0.4, 0.5) is 5.69 Å². The summed E-state index contributed by atoms with van der Waals surface area (Å²) in [6, 6.07) is 18.5. The molecule has 0 saturated carbocycles. The fourth-order valence-electron chi connectivity index (χ4n) is 4.12. The van der Waals surface area contributed by atoms with Crippen LogP contribution in [0.15, 0.2) is 59.5 Å². The first-order valence-electron chi connectivity index (χ1n) is 10.1. The van der Waals surface area contributed by atoms with E-state index in [9.17, 15) is 18.5 Å². The second-order valence-electron chi connectivity index (χ2n) is 7.56. The summed E-state index contributed by atoms with van der Waals surface area (Å²) in [6.07, 6.45) is 1.36. The molecular weight excluding hydrogens is 400 g/mol. The number of amides is 1. The number of rotatable bonds is 6. The van der Waals surface area contributed by atoms with E-state index < -0.39 is 15.9 Å². The Hall–Kier alpha value is -2.89. The fourth-order valence-corrected chi connectivity index (χ4v) is 5.73. The third-order valence-corrected chi connectivity index (χ3v) is 7.54. The minimum atomic E-state index is -3.73. The maximum Gasteiger partial charge on any atom is 0.269 e. The van der Waals surface area contributed by atoms with Crippen LogP contribution in [0, 0.1) is 11.3 Å². The van der Waals surface area contributed by atoms with Gasteiger partial charge in [-0.05, 0) is 43.7 Å². The van der Waals surface area contributed by atoms with Gasteiger partial charge in [-0.25, -0.2) is 12.7 Å². The average Bonchev–Trinajstić information content (AvgIpc) is 2.97. The van der Waals surface area contributed by atoms with Crippen LogP contribution in [0.25, 0.3) is 0 Å². The Bertz CT molecular complexity index is 1070. The first kappa shape index (κ1) is 20.4. The number of fused-ring (bicyclic) bond motifs is 1. The molecule has 2 heterocycles. The molecule has 2 aliphatic rings. The van der Waals surface area contributed by atoms with Crippen molar-refractivity contribution in [3.05, 3.63) is 60.2 Å². The highest BCUT2D eigenvalue weighted by atomic mass is 32.2. The molecule has 1 fully saturated rings. The smallest absolute Gasteiger partial charge is 0.269 e. The van der Waals surface area contributed by atoms with Gasteiger partial charge in [-0.15, -0.1) is 0 Å². The van der Waals surface area contributed by atoms with Gasteiger partial charge in [0.1, 0.15) is 10.9 Å². The Balaban J connectivity index is 1.29. The molecule has 1 amide bonds. The van der Waals surface area contributed by atoms with Gasteiger partial charge < -0.3 is 4.90 Å². The summed E-state index contributed by atoms with van der Waals surface area (Å²) in [7, 11) is -3.73. The standard InChI is InChI=1S/C22H24N4O3S/c23-16-19-17-24(14-15-25(19)18-8-2-1-3-9-18)12-6-7-13-26-22(27)20-10-4-5-11-21(20)30(26,28)29/h1-5,8-11,19H,6-7,12-15,17H2. The van der Waals surface area contributed by atoms with Crippen LogP contribution in [0.1, 0.15) is 23.2 Å². The maximum atomic E-state index is 12.6. The number of benzene rings is 2. The van der Waals surface area contributed by atoms with Crippen LogP contribution >= 0.6 is 0 Å². The number of hydrogen-bond donors (Lipinski definition) is 0. The van der Waals surface area contributed by atoms with Gasteiger partial charge in [0, 0.05) is 31.9 Å². The van der Waals surface area contributed by atoms with Crippen molar-refractivity contribution in [3.8, 4) is 6.07 Å². The number of nitrogens with zero attached hydrogens (tertiary/aromatic N) is 4. The number of carbonyl (C=O) groups is 1. The van der Waals surface area contributed by atoms with E-state index in [0.29, 0.717) is 13.0 Å². The second-order valence-corrected chi connectivity index (χ2v) is 9.39. The predicted molar refractivity (Wildman–Crippen MR) is 114 cm³/mol. The van der Waals surface area contributed by atoms with E-state index in [1.165, 1.54) is 6.07 Å². The molecule has 2 aliphatic heterocycles. The van der Waals surface area contributed by atoms with Crippen molar-refractivity contribution in [1.82, 2.24) is 9.21 Å². The molecule has 1 saturated heterocycles. The lowest BCUT2D eigenvalue weighted by molar-refractivity contribution is 0.0868. The first-order valence-corrected chi connectivity index (χ1v) is 11.6. The Labute approximate surface area is 177 Å². The number of carbonyl (C=O) groups excluding carboxylic acids is 1. The largest absolute Gasteiger partial charge is 0.353 e. The summed E-state index contributed by atoms with van der Waals surface area (Å²) in [4.78, 5) is 16.9. The van der Waals surface area contributed by atoms with E-state index in [4.69, 9.17) is 0 Å². The van der Waals surface area contributed by atoms with Crippen LogP contribution < -0.4 is 4.90 Å². The maximum absolute atomic E-state index is 12.6. The van der Waals surface area contributed by atoms with Crippen molar-refractivity contribution in [2.75, 3.05) is 37.6 Å². The molecule has 1 atom stereocenters. The summed E-state index contributed by atoms with van der Waals surface area (Å²) in [6.45, 7) is 3.23. The number of unbranched alkanes of at least 4 members (excludes halogenated alkanes) is 1. The molecule has 8 heteroatoms.